The number of carboxylic acids is 1. The number of ether oxygens (including phenoxy) is 1. The second-order valence-electron chi connectivity index (χ2n) is 8.99. The van der Waals surface area contributed by atoms with Crippen molar-refractivity contribution in [2.45, 2.75) is 76.0 Å². The zero-order chi connectivity index (χ0) is 22.6. The fourth-order valence-corrected chi connectivity index (χ4v) is 5.70. The summed E-state index contributed by atoms with van der Waals surface area (Å²) in [4.78, 5) is 42.5. The normalized spacial score (nSPS) is 31.2. The van der Waals surface area contributed by atoms with E-state index in [4.69, 9.17) is 9.84 Å². The molecule has 2 amide bonds. The molecule has 0 aromatic rings. The van der Waals surface area contributed by atoms with Crippen LogP contribution in [0.5, 0.6) is 0 Å². The summed E-state index contributed by atoms with van der Waals surface area (Å²) < 4.78 is 6.22. The van der Waals surface area contributed by atoms with Crippen molar-refractivity contribution in [1.29, 1.82) is 0 Å². The van der Waals surface area contributed by atoms with Crippen molar-refractivity contribution in [3.05, 3.63) is 12.7 Å². The van der Waals surface area contributed by atoms with Gasteiger partial charge in [0.2, 0.25) is 11.8 Å². The number of carbonyl (C=O) groups excluding carboxylic acids is 2. The minimum atomic E-state index is -1.05. The number of carbonyl (C=O) groups is 3. The third-order valence-corrected chi connectivity index (χ3v) is 7.07. The van der Waals surface area contributed by atoms with Crippen LogP contribution in [-0.2, 0) is 19.1 Å². The molecule has 2 N–H and O–H groups in total. The van der Waals surface area contributed by atoms with Crippen LogP contribution in [0.1, 0.15) is 58.3 Å². The Kier molecular flexibility index (Phi) is 7.75. The van der Waals surface area contributed by atoms with Crippen molar-refractivity contribution in [3.63, 3.8) is 0 Å². The second-order valence-corrected chi connectivity index (χ2v) is 8.99. The predicted octanol–water partition coefficient (Wildman–Crippen LogP) is 1.81. The van der Waals surface area contributed by atoms with Crippen molar-refractivity contribution >= 4 is 17.8 Å². The summed E-state index contributed by atoms with van der Waals surface area (Å²) in [5, 5.41) is 18.9. The fourth-order valence-electron chi connectivity index (χ4n) is 5.70. The molecule has 8 nitrogen and oxygen atoms in total. The molecule has 3 heterocycles. The van der Waals surface area contributed by atoms with Crippen molar-refractivity contribution < 1.29 is 29.3 Å². The monoisotopic (exact) mass is 436 g/mol. The molecule has 1 spiro atoms. The first-order valence-electron chi connectivity index (χ1n) is 11.6. The molecule has 3 aliphatic heterocycles. The number of likely N-dealkylation sites (tertiary alicyclic amines) is 1. The van der Waals surface area contributed by atoms with E-state index >= 15 is 0 Å². The summed E-state index contributed by atoms with van der Waals surface area (Å²) in [6.07, 6.45) is 7.18. The molecule has 5 atom stereocenters. The van der Waals surface area contributed by atoms with E-state index in [0.29, 0.717) is 45.3 Å². The number of nitrogens with zero attached hydrogens (tertiary/aromatic N) is 2. The van der Waals surface area contributed by atoms with E-state index in [9.17, 15) is 19.5 Å². The molecule has 0 aliphatic carbocycles. The van der Waals surface area contributed by atoms with E-state index in [0.717, 1.165) is 25.7 Å². The number of unbranched alkanes of at least 4 members (excludes halogenated alkanes) is 4. The molecule has 0 radical (unpaired) electrons. The third-order valence-electron chi connectivity index (χ3n) is 7.07. The summed E-state index contributed by atoms with van der Waals surface area (Å²) >= 11 is 0. The minimum absolute atomic E-state index is 0.0826. The van der Waals surface area contributed by atoms with E-state index in [-0.39, 0.29) is 18.4 Å². The van der Waals surface area contributed by atoms with Gasteiger partial charge in [-0.3, -0.25) is 14.4 Å². The number of carboxylic acid groups (broad SMARTS) is 1. The van der Waals surface area contributed by atoms with E-state index in [1.54, 1.807) is 15.9 Å². The molecule has 3 aliphatic rings. The largest absolute Gasteiger partial charge is 0.481 e. The lowest BCUT2D eigenvalue weighted by atomic mass is 9.70. The Morgan fingerprint density at radius 1 is 1.29 bits per heavy atom. The molecule has 3 fully saturated rings. The fraction of sp³-hybridized carbons (Fsp3) is 0.783. The first-order chi connectivity index (χ1) is 14.9. The highest BCUT2D eigenvalue weighted by Crippen LogP contribution is 2.58. The SMILES string of the molecule is C=CCN(CCCCC)C(=O)C1N(CCCCCO)C(=O)[C@@H]2[C@H](C(=O)O)[C@@H]3CCC12O3. The van der Waals surface area contributed by atoms with Gasteiger partial charge in [-0.1, -0.05) is 25.8 Å². The summed E-state index contributed by atoms with van der Waals surface area (Å²) in [7, 11) is 0. The van der Waals surface area contributed by atoms with Crippen LogP contribution in [0.2, 0.25) is 0 Å². The molecule has 2 bridgehead atoms. The number of hydrogen-bond acceptors (Lipinski definition) is 5. The Labute approximate surface area is 184 Å². The predicted molar refractivity (Wildman–Crippen MR) is 114 cm³/mol. The Balaban J connectivity index is 1.90. The van der Waals surface area contributed by atoms with Crippen LogP contribution < -0.4 is 0 Å². The van der Waals surface area contributed by atoms with Crippen molar-refractivity contribution in [1.82, 2.24) is 9.80 Å². The number of fused-ring (bicyclic) bond motifs is 1. The molecule has 8 heteroatoms. The van der Waals surface area contributed by atoms with Gasteiger partial charge in [0.05, 0.1) is 17.9 Å². The molecule has 0 aromatic heterocycles. The minimum Gasteiger partial charge on any atom is -0.481 e. The lowest BCUT2D eigenvalue weighted by Crippen LogP contribution is -2.56. The number of aliphatic hydroxyl groups is 1. The van der Waals surface area contributed by atoms with Gasteiger partial charge in [-0.15, -0.1) is 6.58 Å². The van der Waals surface area contributed by atoms with Crippen LogP contribution in [0.4, 0.5) is 0 Å². The molecule has 2 unspecified atom stereocenters. The summed E-state index contributed by atoms with van der Waals surface area (Å²) in [6, 6.07) is -0.796. The standard InChI is InChI=1S/C23H36N2O6/c1-3-5-7-13-24(12-4-2)21(28)19-23-11-10-16(31-23)17(22(29)30)18(23)20(27)25(19)14-8-6-9-15-26/h4,16-19,26H,2-3,5-15H2,1H3,(H,29,30)/t16-,17+,18-,19?,23?/m0/s1. The van der Waals surface area contributed by atoms with Crippen LogP contribution in [0.25, 0.3) is 0 Å². The number of hydrogen-bond donors (Lipinski definition) is 2. The van der Waals surface area contributed by atoms with E-state index in [2.05, 4.69) is 13.5 Å². The van der Waals surface area contributed by atoms with Crippen LogP contribution in [0, 0.1) is 11.8 Å². The van der Waals surface area contributed by atoms with Crippen LogP contribution in [-0.4, -0.2) is 81.8 Å². The lowest BCUT2D eigenvalue weighted by molar-refractivity contribution is -0.151. The zero-order valence-corrected chi connectivity index (χ0v) is 18.5. The van der Waals surface area contributed by atoms with Gasteiger partial charge in [-0.05, 0) is 38.5 Å². The highest BCUT2D eigenvalue weighted by atomic mass is 16.5. The number of rotatable bonds is 13. The van der Waals surface area contributed by atoms with Crippen molar-refractivity contribution in [2.24, 2.45) is 11.8 Å². The topological polar surface area (TPSA) is 107 Å². The van der Waals surface area contributed by atoms with Gasteiger partial charge in [0.1, 0.15) is 11.6 Å². The quantitative estimate of drug-likeness (QED) is 0.337. The zero-order valence-electron chi connectivity index (χ0n) is 18.5. The van der Waals surface area contributed by atoms with Gasteiger partial charge in [0, 0.05) is 26.2 Å². The molecule has 3 rings (SSSR count). The average molecular weight is 437 g/mol. The maximum Gasteiger partial charge on any atom is 0.310 e. The van der Waals surface area contributed by atoms with Crippen molar-refractivity contribution in [2.75, 3.05) is 26.2 Å². The molecule has 0 aromatic carbocycles. The van der Waals surface area contributed by atoms with Gasteiger partial charge in [0.15, 0.2) is 0 Å². The smallest absolute Gasteiger partial charge is 0.310 e. The third kappa shape index (κ3) is 4.24. The van der Waals surface area contributed by atoms with E-state index in [1.165, 1.54) is 0 Å². The highest BCUT2D eigenvalue weighted by Gasteiger charge is 2.74. The Bertz CT molecular complexity index is 698. The Hall–Kier alpha value is -1.93. The van der Waals surface area contributed by atoms with Crippen LogP contribution >= 0.6 is 0 Å². The van der Waals surface area contributed by atoms with Crippen LogP contribution in [0.15, 0.2) is 12.7 Å². The van der Waals surface area contributed by atoms with E-state index < -0.39 is 35.6 Å². The maximum atomic E-state index is 13.8. The first-order valence-corrected chi connectivity index (χ1v) is 11.6. The van der Waals surface area contributed by atoms with Crippen LogP contribution in [0.3, 0.4) is 0 Å². The first kappa shape index (κ1) is 23.7. The van der Waals surface area contributed by atoms with Gasteiger partial charge < -0.3 is 24.7 Å². The molecule has 31 heavy (non-hydrogen) atoms. The highest BCUT2D eigenvalue weighted by molar-refractivity contribution is 5.98. The molecule has 174 valence electrons. The van der Waals surface area contributed by atoms with Gasteiger partial charge in [0.25, 0.3) is 0 Å². The van der Waals surface area contributed by atoms with Gasteiger partial charge in [-0.2, -0.15) is 0 Å². The maximum absolute atomic E-state index is 13.8. The van der Waals surface area contributed by atoms with Gasteiger partial charge >= 0.3 is 5.97 Å². The Morgan fingerprint density at radius 3 is 2.71 bits per heavy atom. The molecule has 0 saturated carbocycles. The lowest BCUT2D eigenvalue weighted by Gasteiger charge is -2.36. The number of aliphatic hydroxyl groups excluding tert-OH is 1. The average Bonchev–Trinajstić information content (AvgIpc) is 3.38. The summed E-state index contributed by atoms with van der Waals surface area (Å²) in [5.41, 5.74) is -1.05. The van der Waals surface area contributed by atoms with Crippen molar-refractivity contribution in [3.8, 4) is 0 Å². The summed E-state index contributed by atoms with van der Waals surface area (Å²) in [6.45, 7) is 7.30. The number of aliphatic carboxylic acids is 1. The van der Waals surface area contributed by atoms with E-state index in [1.807, 2.05) is 0 Å². The van der Waals surface area contributed by atoms with Gasteiger partial charge in [-0.25, -0.2) is 0 Å². The Morgan fingerprint density at radius 2 is 2.06 bits per heavy atom. The second kappa shape index (κ2) is 10.1. The molecular weight excluding hydrogens is 400 g/mol. The molecular formula is C23H36N2O6. The molecule has 3 saturated heterocycles. The summed E-state index contributed by atoms with van der Waals surface area (Å²) in [5.74, 6) is -3.17. The number of amides is 2.